The fraction of sp³-hybridized carbons (Fsp3) is 0.526. The molecule has 0 bridgehead atoms. The quantitative estimate of drug-likeness (QED) is 0.536. The summed E-state index contributed by atoms with van der Waals surface area (Å²) >= 11 is 6.12. The number of alkyl halides is 3. The normalized spacial score (nSPS) is 14.6. The lowest BCUT2D eigenvalue weighted by Gasteiger charge is -2.31. The van der Waals surface area contributed by atoms with Crippen LogP contribution in [0, 0.1) is 0 Å². The first-order valence-electron chi connectivity index (χ1n) is 9.22. The highest BCUT2D eigenvalue weighted by atomic mass is 35.5. The van der Waals surface area contributed by atoms with Crippen LogP contribution in [0.4, 0.5) is 18.0 Å². The molecule has 0 spiro atoms. The van der Waals surface area contributed by atoms with Gasteiger partial charge in [0.1, 0.15) is 19.0 Å². The van der Waals surface area contributed by atoms with E-state index in [9.17, 15) is 18.0 Å². The molecule has 0 unspecified atom stereocenters. The molecule has 2 rings (SSSR count). The molecule has 1 heterocycles. The Bertz CT molecular complexity index is 690. The second-order valence-electron chi connectivity index (χ2n) is 5.11. The first-order valence-corrected chi connectivity index (χ1v) is 9.60. The number of amides is 2. The zero-order valence-electron chi connectivity index (χ0n) is 17.1. The van der Waals surface area contributed by atoms with Crippen LogP contribution in [-0.2, 0) is 0 Å². The van der Waals surface area contributed by atoms with Crippen molar-refractivity contribution in [1.82, 2.24) is 9.91 Å². The van der Waals surface area contributed by atoms with Crippen LogP contribution >= 0.6 is 11.6 Å². The second kappa shape index (κ2) is 12.4. The van der Waals surface area contributed by atoms with E-state index in [0.29, 0.717) is 27.6 Å². The van der Waals surface area contributed by atoms with Crippen LogP contribution in [0.1, 0.15) is 53.5 Å². The maximum absolute atomic E-state index is 12.6. The molecule has 0 fully saturated rings. The van der Waals surface area contributed by atoms with Crippen molar-refractivity contribution in [3.05, 3.63) is 34.9 Å². The summed E-state index contributed by atoms with van der Waals surface area (Å²) in [6.07, 6.45) is -4.06. The number of urea groups is 1. The van der Waals surface area contributed by atoms with Gasteiger partial charge in [0.25, 0.3) is 0 Å². The molecule has 0 atom stereocenters. The van der Waals surface area contributed by atoms with E-state index in [1.807, 2.05) is 34.6 Å². The van der Waals surface area contributed by atoms with Crippen LogP contribution in [0.25, 0.3) is 0 Å². The topological polar surface area (TPSA) is 48.3 Å². The number of hydrogen-bond acceptors (Lipinski definition) is 3. The molecular weight excluding hydrogens is 393 g/mol. The largest absolute Gasteiger partial charge is 0.406 e. The summed E-state index contributed by atoms with van der Waals surface area (Å²) in [6, 6.07) is 6.07. The molecular formula is C19H28ClF3N4O. The molecule has 5 nitrogen and oxygen atoms in total. The van der Waals surface area contributed by atoms with E-state index in [-0.39, 0.29) is 12.5 Å². The van der Waals surface area contributed by atoms with Crippen LogP contribution in [0.2, 0.25) is 5.02 Å². The van der Waals surface area contributed by atoms with Crippen LogP contribution in [0.15, 0.2) is 34.4 Å². The van der Waals surface area contributed by atoms with Crippen molar-refractivity contribution in [3.63, 3.8) is 0 Å². The molecule has 0 N–H and O–H groups in total. The zero-order chi connectivity index (χ0) is 21.9. The van der Waals surface area contributed by atoms with E-state index in [1.165, 1.54) is 6.92 Å². The van der Waals surface area contributed by atoms with Crippen molar-refractivity contribution in [3.8, 4) is 0 Å². The van der Waals surface area contributed by atoms with Crippen LogP contribution in [0.5, 0.6) is 0 Å². The van der Waals surface area contributed by atoms with Gasteiger partial charge >= 0.3 is 12.2 Å². The van der Waals surface area contributed by atoms with E-state index >= 15 is 0 Å². The number of nitrogens with zero attached hydrogens (tertiary/aromatic N) is 4. The third kappa shape index (κ3) is 7.50. The number of amidine groups is 1. The van der Waals surface area contributed by atoms with Gasteiger partial charge < -0.3 is 0 Å². The summed E-state index contributed by atoms with van der Waals surface area (Å²) in [4.78, 5) is 16.8. The first-order chi connectivity index (χ1) is 13.2. The van der Waals surface area contributed by atoms with Crippen molar-refractivity contribution < 1.29 is 18.0 Å². The highest BCUT2D eigenvalue weighted by Gasteiger charge is 2.38. The fourth-order valence-electron chi connectivity index (χ4n) is 2.18. The number of benzene rings is 1. The van der Waals surface area contributed by atoms with Gasteiger partial charge in [-0.3, -0.25) is 4.90 Å². The molecule has 2 amide bonds. The average Bonchev–Trinajstić information content (AvgIpc) is 2.68. The summed E-state index contributed by atoms with van der Waals surface area (Å²) in [5.74, 6) is 0.0135. The van der Waals surface area contributed by atoms with Gasteiger partial charge in [-0.25, -0.2) is 9.79 Å². The first kappa shape index (κ1) is 25.9. The summed E-state index contributed by atoms with van der Waals surface area (Å²) in [5.41, 5.74) is 1.12. The third-order valence-electron chi connectivity index (χ3n) is 3.37. The van der Waals surface area contributed by atoms with Crippen LogP contribution in [0.3, 0.4) is 0 Å². The van der Waals surface area contributed by atoms with E-state index in [1.54, 1.807) is 24.3 Å². The molecule has 1 aromatic rings. The fourth-order valence-corrected chi connectivity index (χ4v) is 2.43. The molecule has 1 aliphatic heterocycles. The predicted molar refractivity (Wildman–Crippen MR) is 109 cm³/mol. The average molecular weight is 421 g/mol. The van der Waals surface area contributed by atoms with E-state index < -0.39 is 18.8 Å². The maximum Gasteiger partial charge on any atom is 0.406 e. The third-order valence-corrected chi connectivity index (χ3v) is 3.70. The Hall–Kier alpha value is -2.09. The van der Waals surface area contributed by atoms with Crippen molar-refractivity contribution in [2.45, 2.75) is 54.1 Å². The molecule has 0 aliphatic carbocycles. The van der Waals surface area contributed by atoms with Gasteiger partial charge in [0.05, 0.1) is 5.71 Å². The molecule has 9 heteroatoms. The minimum absolute atomic E-state index is 0.0135. The van der Waals surface area contributed by atoms with Gasteiger partial charge in [0.15, 0.2) is 0 Å². The molecule has 1 aromatic carbocycles. The number of rotatable bonds is 4. The number of hydrogen-bond donors (Lipinski definition) is 0. The van der Waals surface area contributed by atoms with Gasteiger partial charge in [-0.1, -0.05) is 64.4 Å². The lowest BCUT2D eigenvalue weighted by atomic mass is 10.1. The molecule has 0 aromatic heterocycles. The minimum atomic E-state index is -4.52. The number of aliphatic imine (C=N–C) groups is 1. The Balaban J connectivity index is 0.00000171. The van der Waals surface area contributed by atoms with Crippen LogP contribution in [-0.4, -0.2) is 46.9 Å². The highest BCUT2D eigenvalue weighted by Crippen LogP contribution is 2.22. The Kier molecular flexibility index (Phi) is 11.5. The van der Waals surface area contributed by atoms with Gasteiger partial charge in [-0.15, -0.1) is 0 Å². The Labute approximate surface area is 169 Å². The maximum atomic E-state index is 12.6. The molecule has 158 valence electrons. The van der Waals surface area contributed by atoms with E-state index in [4.69, 9.17) is 11.6 Å². The number of carbonyl (C=O) groups excluding carboxylic acids is 1. The summed E-state index contributed by atoms with van der Waals surface area (Å²) in [6.45, 7) is 9.64. The lowest BCUT2D eigenvalue weighted by molar-refractivity contribution is -0.134. The molecule has 0 saturated heterocycles. The van der Waals surface area contributed by atoms with Crippen molar-refractivity contribution in [1.29, 1.82) is 0 Å². The Morgan fingerprint density at radius 2 is 1.79 bits per heavy atom. The zero-order valence-corrected chi connectivity index (χ0v) is 17.9. The Morgan fingerprint density at radius 1 is 1.21 bits per heavy atom. The monoisotopic (exact) mass is 420 g/mol. The molecule has 0 saturated carbocycles. The second-order valence-corrected chi connectivity index (χ2v) is 5.52. The molecule has 0 radical (unpaired) electrons. The van der Waals surface area contributed by atoms with Crippen LogP contribution < -0.4 is 0 Å². The summed E-state index contributed by atoms with van der Waals surface area (Å²) in [7, 11) is 0. The SMILES string of the molecule is CC.CC.CC/C(=N\N1CN=C(C)N(CC(F)(F)F)C1=O)c1ccccc1Cl. The van der Waals surface area contributed by atoms with Crippen molar-refractivity contribution in [2.75, 3.05) is 13.2 Å². The van der Waals surface area contributed by atoms with Gasteiger partial charge in [0, 0.05) is 10.6 Å². The predicted octanol–water partition coefficient (Wildman–Crippen LogP) is 6.18. The van der Waals surface area contributed by atoms with Crippen molar-refractivity contribution in [2.24, 2.45) is 10.1 Å². The smallest absolute Gasteiger partial charge is 0.272 e. The summed E-state index contributed by atoms with van der Waals surface area (Å²) < 4.78 is 37.9. The van der Waals surface area contributed by atoms with Gasteiger partial charge in [0.2, 0.25) is 0 Å². The minimum Gasteiger partial charge on any atom is -0.272 e. The van der Waals surface area contributed by atoms with Gasteiger partial charge in [-0.2, -0.15) is 23.3 Å². The van der Waals surface area contributed by atoms with Crippen molar-refractivity contribution >= 4 is 29.2 Å². The summed E-state index contributed by atoms with van der Waals surface area (Å²) in [5, 5.41) is 5.55. The number of carbonyl (C=O) groups is 1. The lowest BCUT2D eigenvalue weighted by Crippen LogP contribution is -2.51. The highest BCUT2D eigenvalue weighted by molar-refractivity contribution is 6.34. The number of halogens is 4. The molecule has 28 heavy (non-hydrogen) atoms. The van der Waals surface area contributed by atoms with E-state index in [2.05, 4.69) is 10.1 Å². The standard InChI is InChI=1S/C15H16ClF3N4O.2C2H6/c1-3-13(11-6-4-5-7-12(11)16)21-23-9-20-10(2)22(14(23)24)8-15(17,18)19;2*1-2/h4-7H,3,8-9H2,1-2H3;2*1-2H3/b21-13+;;. The Morgan fingerprint density at radius 3 is 2.29 bits per heavy atom. The number of hydrazone groups is 1. The molecule has 1 aliphatic rings. The van der Waals surface area contributed by atoms with Gasteiger partial charge in [-0.05, 0) is 19.4 Å². The van der Waals surface area contributed by atoms with E-state index in [0.717, 1.165) is 5.01 Å².